The van der Waals surface area contributed by atoms with Gasteiger partial charge in [0.2, 0.25) is 0 Å². The van der Waals surface area contributed by atoms with Gasteiger partial charge in [0.05, 0.1) is 28.2 Å². The zero-order chi connectivity index (χ0) is 26.6. The fraction of sp³-hybridized carbons (Fsp3) is 0.417. The van der Waals surface area contributed by atoms with Gasteiger partial charge in [0.25, 0.3) is 5.91 Å². The number of halogens is 3. The van der Waals surface area contributed by atoms with Crippen molar-refractivity contribution in [2.45, 2.75) is 38.6 Å². The first-order chi connectivity index (χ1) is 16.6. The molecule has 0 radical (unpaired) electrons. The fourth-order valence-electron chi connectivity index (χ4n) is 4.21. The van der Waals surface area contributed by atoms with Crippen molar-refractivity contribution in [3.05, 3.63) is 46.8 Å². The molecule has 1 aliphatic heterocycles. The Hall–Kier alpha value is -3.67. The maximum Gasteiger partial charge on any atom is 0.416 e. The molecule has 3 heterocycles. The van der Waals surface area contributed by atoms with Gasteiger partial charge in [0.1, 0.15) is 17.5 Å². The number of alkyl halides is 3. The Labute approximate surface area is 206 Å². The summed E-state index contributed by atoms with van der Waals surface area (Å²) in [7, 11) is 3.24. The van der Waals surface area contributed by atoms with Gasteiger partial charge in [-0.3, -0.25) is 4.79 Å². The average Bonchev–Trinajstić information content (AvgIpc) is 2.74. The molecule has 0 spiro atoms. The number of pyridine rings is 1. The van der Waals surface area contributed by atoms with Crippen molar-refractivity contribution in [2.75, 3.05) is 43.1 Å². The number of nitrogens with zero attached hydrogens (tertiary/aromatic N) is 5. The normalized spacial score (nSPS) is 16.0. The van der Waals surface area contributed by atoms with Crippen LogP contribution in [0.25, 0.3) is 11.0 Å². The monoisotopic (exact) mass is 503 g/mol. The standard InChI is InChI=1S/C24H28F3N7O2/c1-12(14-6-15(24(25,26)27)8-16(28)7-14)29-19-17-9-18(22(35)33(4)5)21(34-10-23(3,36)11-34)32-20(17)31-13(2)30-19/h6-9,12,36H,10-11,28H2,1-5H3,(H,29,30,31,32)/t12-/m1/s1. The van der Waals surface area contributed by atoms with Crippen molar-refractivity contribution in [2.24, 2.45) is 0 Å². The molecule has 1 atom stereocenters. The van der Waals surface area contributed by atoms with Gasteiger partial charge in [0.15, 0.2) is 5.65 Å². The number of aryl methyl sites for hydroxylation is 1. The van der Waals surface area contributed by atoms with Crippen LogP contribution in [-0.4, -0.2) is 63.7 Å². The molecule has 9 nitrogen and oxygen atoms in total. The minimum absolute atomic E-state index is 0.00666. The summed E-state index contributed by atoms with van der Waals surface area (Å²) in [6.45, 7) is 5.68. The fourth-order valence-corrected chi connectivity index (χ4v) is 4.21. The van der Waals surface area contributed by atoms with Crippen molar-refractivity contribution in [1.29, 1.82) is 0 Å². The second kappa shape index (κ2) is 8.77. The third-order valence-electron chi connectivity index (χ3n) is 5.94. The molecule has 2 aromatic heterocycles. The Morgan fingerprint density at radius 1 is 1.19 bits per heavy atom. The number of aromatic nitrogens is 3. The number of amides is 1. The summed E-state index contributed by atoms with van der Waals surface area (Å²) < 4.78 is 39.9. The lowest BCUT2D eigenvalue weighted by molar-refractivity contribution is -0.137. The molecule has 0 aliphatic carbocycles. The van der Waals surface area contributed by atoms with E-state index in [1.165, 1.54) is 11.0 Å². The van der Waals surface area contributed by atoms with Gasteiger partial charge in [-0.15, -0.1) is 0 Å². The highest BCUT2D eigenvalue weighted by atomic mass is 19.4. The Balaban J connectivity index is 1.79. The van der Waals surface area contributed by atoms with Crippen LogP contribution in [0.3, 0.4) is 0 Å². The number of aliphatic hydroxyl groups is 1. The van der Waals surface area contributed by atoms with E-state index in [-0.39, 0.29) is 11.6 Å². The van der Waals surface area contributed by atoms with E-state index in [0.717, 1.165) is 12.1 Å². The average molecular weight is 504 g/mol. The molecule has 192 valence electrons. The first-order valence-corrected chi connectivity index (χ1v) is 11.3. The number of carbonyl (C=O) groups is 1. The second-order valence-corrected chi connectivity index (χ2v) is 9.65. The third kappa shape index (κ3) is 4.99. The molecule has 4 rings (SSSR count). The number of nitrogens with two attached hydrogens (primary N) is 1. The Kier molecular flexibility index (Phi) is 6.19. The van der Waals surface area contributed by atoms with Gasteiger partial charge < -0.3 is 26.0 Å². The van der Waals surface area contributed by atoms with Crippen molar-refractivity contribution >= 4 is 34.3 Å². The number of nitrogen functional groups attached to an aromatic ring is 1. The summed E-state index contributed by atoms with van der Waals surface area (Å²) in [6.07, 6.45) is -4.54. The van der Waals surface area contributed by atoms with Gasteiger partial charge in [-0.1, -0.05) is 0 Å². The predicted octanol–water partition coefficient (Wildman–Crippen LogP) is 3.38. The van der Waals surface area contributed by atoms with Gasteiger partial charge in [-0.2, -0.15) is 13.2 Å². The number of benzene rings is 1. The van der Waals surface area contributed by atoms with E-state index in [2.05, 4.69) is 20.3 Å². The van der Waals surface area contributed by atoms with E-state index < -0.39 is 23.4 Å². The molecule has 4 N–H and O–H groups in total. The number of carbonyl (C=O) groups excluding carboxylic acids is 1. The zero-order valence-corrected chi connectivity index (χ0v) is 20.6. The molecule has 36 heavy (non-hydrogen) atoms. The van der Waals surface area contributed by atoms with E-state index in [0.29, 0.717) is 52.7 Å². The summed E-state index contributed by atoms with van der Waals surface area (Å²) in [6, 6.07) is 4.42. The van der Waals surface area contributed by atoms with Crippen LogP contribution in [0.2, 0.25) is 0 Å². The second-order valence-electron chi connectivity index (χ2n) is 9.65. The lowest BCUT2D eigenvalue weighted by Crippen LogP contribution is -2.60. The molecule has 1 saturated heterocycles. The van der Waals surface area contributed by atoms with Gasteiger partial charge in [0, 0.05) is 32.9 Å². The molecule has 0 bridgehead atoms. The van der Waals surface area contributed by atoms with Crippen molar-refractivity contribution in [3.8, 4) is 0 Å². The number of anilines is 3. The van der Waals surface area contributed by atoms with Gasteiger partial charge in [-0.05, 0) is 50.6 Å². The van der Waals surface area contributed by atoms with E-state index in [1.54, 1.807) is 45.8 Å². The number of β-amino-alcohol motifs (C(OH)–C–C–N with tert-alkyl or cyclic N) is 1. The predicted molar refractivity (Wildman–Crippen MR) is 131 cm³/mol. The van der Waals surface area contributed by atoms with E-state index in [9.17, 15) is 23.1 Å². The highest BCUT2D eigenvalue weighted by molar-refractivity contribution is 6.03. The highest BCUT2D eigenvalue weighted by Gasteiger charge is 2.39. The molecule has 12 heteroatoms. The Morgan fingerprint density at radius 2 is 1.86 bits per heavy atom. The van der Waals surface area contributed by atoms with Crippen LogP contribution >= 0.6 is 0 Å². The first-order valence-electron chi connectivity index (χ1n) is 11.3. The van der Waals surface area contributed by atoms with Crippen LogP contribution in [0.1, 0.15) is 47.2 Å². The number of nitrogens with one attached hydrogen (secondary N) is 1. The maximum atomic E-state index is 13.3. The third-order valence-corrected chi connectivity index (χ3v) is 5.94. The van der Waals surface area contributed by atoms with Crippen LogP contribution in [0, 0.1) is 6.92 Å². The molecule has 1 aromatic carbocycles. The van der Waals surface area contributed by atoms with Crippen LogP contribution in [0.5, 0.6) is 0 Å². The quantitative estimate of drug-likeness (QED) is 0.453. The summed E-state index contributed by atoms with van der Waals surface area (Å²) in [4.78, 5) is 29.7. The summed E-state index contributed by atoms with van der Waals surface area (Å²) in [5, 5.41) is 13.8. The number of hydrogen-bond donors (Lipinski definition) is 3. The Bertz CT molecular complexity index is 1330. The zero-order valence-electron chi connectivity index (χ0n) is 20.6. The maximum absolute atomic E-state index is 13.3. The lowest BCUT2D eigenvalue weighted by atomic mass is 9.96. The molecule has 3 aromatic rings. The van der Waals surface area contributed by atoms with Crippen molar-refractivity contribution in [3.63, 3.8) is 0 Å². The largest absolute Gasteiger partial charge is 0.416 e. The van der Waals surface area contributed by atoms with Crippen LogP contribution in [-0.2, 0) is 6.18 Å². The molecule has 0 saturated carbocycles. The topological polar surface area (TPSA) is 120 Å². The van der Waals surface area contributed by atoms with Gasteiger partial charge in [-0.25, -0.2) is 15.0 Å². The minimum atomic E-state index is -4.54. The number of fused-ring (bicyclic) bond motifs is 1. The number of rotatable bonds is 5. The summed E-state index contributed by atoms with van der Waals surface area (Å²) in [5.41, 5.74) is 4.95. The van der Waals surface area contributed by atoms with E-state index in [1.807, 2.05) is 0 Å². The minimum Gasteiger partial charge on any atom is -0.399 e. The van der Waals surface area contributed by atoms with Crippen LogP contribution < -0.4 is 16.0 Å². The SMILES string of the molecule is Cc1nc(N[C@H](C)c2cc(N)cc(C(F)(F)F)c2)c2cc(C(=O)N(C)C)c(N3CC(C)(O)C3)nc2n1. The summed E-state index contributed by atoms with van der Waals surface area (Å²) in [5.74, 6) is 0.816. The first kappa shape index (κ1) is 25.4. The molecule has 0 unspecified atom stereocenters. The van der Waals surface area contributed by atoms with Crippen molar-refractivity contribution < 1.29 is 23.1 Å². The molecular weight excluding hydrogens is 475 g/mol. The number of hydrogen-bond acceptors (Lipinski definition) is 8. The summed E-state index contributed by atoms with van der Waals surface area (Å²) >= 11 is 0. The van der Waals surface area contributed by atoms with E-state index >= 15 is 0 Å². The molecule has 1 amide bonds. The molecule has 1 fully saturated rings. The lowest BCUT2D eigenvalue weighted by Gasteiger charge is -2.45. The molecular formula is C24H28F3N7O2. The van der Waals surface area contributed by atoms with E-state index in [4.69, 9.17) is 5.73 Å². The van der Waals surface area contributed by atoms with Crippen LogP contribution in [0.15, 0.2) is 24.3 Å². The van der Waals surface area contributed by atoms with Gasteiger partial charge >= 0.3 is 6.18 Å². The highest BCUT2D eigenvalue weighted by Crippen LogP contribution is 2.35. The Morgan fingerprint density at radius 3 is 2.44 bits per heavy atom. The molecule has 1 aliphatic rings. The smallest absolute Gasteiger partial charge is 0.399 e. The van der Waals surface area contributed by atoms with Crippen molar-refractivity contribution in [1.82, 2.24) is 19.9 Å². The van der Waals surface area contributed by atoms with Crippen LogP contribution in [0.4, 0.5) is 30.5 Å².